The molecule has 4 aromatic rings. The van der Waals surface area contributed by atoms with Crippen molar-refractivity contribution in [1.82, 2.24) is 14.8 Å². The lowest BCUT2D eigenvalue weighted by atomic mass is 10.0. The number of hydrogen-bond donors (Lipinski definition) is 0. The number of carbonyl (C=O) groups is 1. The van der Waals surface area contributed by atoms with Crippen LogP contribution in [0.15, 0.2) is 84.5 Å². The lowest BCUT2D eigenvalue weighted by Gasteiger charge is -2.17. The van der Waals surface area contributed by atoms with Crippen LogP contribution in [0.4, 0.5) is 5.69 Å². The second kappa shape index (κ2) is 9.01. The number of rotatable bonds is 7. The van der Waals surface area contributed by atoms with Crippen LogP contribution in [0.2, 0.25) is 0 Å². The number of benzene rings is 3. The molecule has 0 saturated carbocycles. The molecule has 2 heterocycles. The molecule has 0 aliphatic carbocycles. The Bertz CT molecular complexity index is 1290. The number of aromatic nitrogens is 3. The second-order valence-electron chi connectivity index (χ2n) is 7.83. The molecule has 1 amide bonds. The zero-order valence-corrected chi connectivity index (χ0v) is 18.6. The number of thioether (sulfide) groups is 1. The van der Waals surface area contributed by atoms with Gasteiger partial charge in [0.15, 0.2) is 5.16 Å². The van der Waals surface area contributed by atoms with Gasteiger partial charge in [0.1, 0.15) is 5.82 Å². The topological polar surface area (TPSA) is 51.0 Å². The van der Waals surface area contributed by atoms with E-state index in [9.17, 15) is 4.79 Å². The van der Waals surface area contributed by atoms with Gasteiger partial charge in [0.2, 0.25) is 5.91 Å². The summed E-state index contributed by atoms with van der Waals surface area (Å²) in [6, 6.07) is 22.8. The number of hydrogen-bond acceptors (Lipinski definition) is 4. The number of nitrogens with zero attached hydrogens (tertiary/aromatic N) is 4. The molecular formula is C26H24N4OS. The van der Waals surface area contributed by atoms with E-state index in [1.165, 1.54) is 33.7 Å². The highest BCUT2D eigenvalue weighted by Gasteiger charge is 2.25. The van der Waals surface area contributed by atoms with Gasteiger partial charge in [-0.15, -0.1) is 16.8 Å². The third kappa shape index (κ3) is 3.94. The van der Waals surface area contributed by atoms with Gasteiger partial charge in [-0.1, -0.05) is 78.5 Å². The summed E-state index contributed by atoms with van der Waals surface area (Å²) >= 11 is 1.44. The molecule has 160 valence electrons. The summed E-state index contributed by atoms with van der Waals surface area (Å²) in [5, 5.41) is 12.1. The number of carbonyl (C=O) groups excluding carboxylic acids is 1. The van der Waals surface area contributed by atoms with E-state index in [0.29, 0.717) is 18.7 Å². The summed E-state index contributed by atoms with van der Waals surface area (Å²) in [6.45, 7) is 5.25. The van der Waals surface area contributed by atoms with Crippen molar-refractivity contribution >= 4 is 34.1 Å². The van der Waals surface area contributed by atoms with Crippen molar-refractivity contribution in [3.05, 3.63) is 96.3 Å². The molecule has 0 atom stereocenters. The maximum Gasteiger partial charge on any atom is 0.237 e. The van der Waals surface area contributed by atoms with Crippen LogP contribution < -0.4 is 4.90 Å². The molecule has 0 fully saturated rings. The van der Waals surface area contributed by atoms with Crippen molar-refractivity contribution in [3.8, 4) is 0 Å². The van der Waals surface area contributed by atoms with Gasteiger partial charge < -0.3 is 9.47 Å². The Morgan fingerprint density at radius 3 is 2.75 bits per heavy atom. The third-order valence-corrected chi connectivity index (χ3v) is 6.80. The number of amides is 1. The van der Waals surface area contributed by atoms with Gasteiger partial charge in [-0.05, 0) is 34.4 Å². The van der Waals surface area contributed by atoms with E-state index in [-0.39, 0.29) is 5.91 Å². The Balaban J connectivity index is 1.34. The minimum atomic E-state index is 0.101. The lowest BCUT2D eigenvalue weighted by molar-refractivity contribution is -0.116. The summed E-state index contributed by atoms with van der Waals surface area (Å²) in [6.07, 6.45) is 3.43. The molecule has 1 aliphatic rings. The molecule has 6 heteroatoms. The molecule has 3 aromatic carbocycles. The van der Waals surface area contributed by atoms with Crippen molar-refractivity contribution in [2.24, 2.45) is 0 Å². The predicted octanol–water partition coefficient (Wildman–Crippen LogP) is 4.89. The molecular weight excluding hydrogens is 416 g/mol. The fourth-order valence-electron chi connectivity index (χ4n) is 4.29. The van der Waals surface area contributed by atoms with Crippen molar-refractivity contribution in [1.29, 1.82) is 0 Å². The highest BCUT2D eigenvalue weighted by atomic mass is 32.2. The molecule has 0 spiro atoms. The summed E-state index contributed by atoms with van der Waals surface area (Å²) < 4.78 is 2.06. The first kappa shape index (κ1) is 20.5. The molecule has 1 aromatic heterocycles. The van der Waals surface area contributed by atoms with Crippen LogP contribution in [0.3, 0.4) is 0 Å². The van der Waals surface area contributed by atoms with E-state index in [1.807, 2.05) is 29.2 Å². The lowest BCUT2D eigenvalue weighted by Crippen LogP contribution is -2.30. The van der Waals surface area contributed by atoms with E-state index in [1.54, 1.807) is 0 Å². The maximum atomic E-state index is 12.9. The van der Waals surface area contributed by atoms with Crippen molar-refractivity contribution in [2.45, 2.75) is 24.5 Å². The van der Waals surface area contributed by atoms with Crippen molar-refractivity contribution in [3.63, 3.8) is 0 Å². The minimum Gasteiger partial charge on any atom is -0.311 e. The number of para-hydroxylation sites is 1. The first-order valence-electron chi connectivity index (χ1n) is 10.8. The minimum absolute atomic E-state index is 0.101. The molecule has 0 unspecified atom stereocenters. The van der Waals surface area contributed by atoms with Crippen LogP contribution in [-0.2, 0) is 24.2 Å². The van der Waals surface area contributed by atoms with Gasteiger partial charge in [-0.25, -0.2) is 0 Å². The molecule has 0 bridgehead atoms. The molecule has 32 heavy (non-hydrogen) atoms. The first-order valence-corrected chi connectivity index (χ1v) is 11.7. The van der Waals surface area contributed by atoms with E-state index in [4.69, 9.17) is 0 Å². The average molecular weight is 441 g/mol. The SMILES string of the molecule is C=CCn1c(Cc2cccc3ccccc23)nnc1SCC(=O)N1CCc2ccccc21. The molecule has 1 aliphatic heterocycles. The predicted molar refractivity (Wildman–Crippen MR) is 130 cm³/mol. The highest BCUT2D eigenvalue weighted by Crippen LogP contribution is 2.29. The molecule has 0 N–H and O–H groups in total. The van der Waals surface area contributed by atoms with Crippen LogP contribution in [0, 0.1) is 0 Å². The number of allylic oxidation sites excluding steroid dienone is 1. The quantitative estimate of drug-likeness (QED) is 0.303. The summed E-state index contributed by atoms with van der Waals surface area (Å²) in [4.78, 5) is 14.8. The number of anilines is 1. The summed E-state index contributed by atoms with van der Waals surface area (Å²) in [5.74, 6) is 1.31. The van der Waals surface area contributed by atoms with Gasteiger partial charge in [0.25, 0.3) is 0 Å². The summed E-state index contributed by atoms with van der Waals surface area (Å²) in [5.41, 5.74) is 3.47. The second-order valence-corrected chi connectivity index (χ2v) is 8.77. The average Bonchev–Trinajstić information content (AvgIpc) is 3.42. The maximum absolute atomic E-state index is 12.9. The zero-order valence-electron chi connectivity index (χ0n) is 17.8. The standard InChI is InChI=1S/C26H24N4OS/c1-2-15-30-24(17-21-11-7-10-19-8-3-5-12-22(19)21)27-28-26(30)32-18-25(31)29-16-14-20-9-4-6-13-23(20)29/h2-13H,1,14-18H2. The van der Waals surface area contributed by atoms with Crippen molar-refractivity contribution < 1.29 is 4.79 Å². The van der Waals surface area contributed by atoms with Crippen LogP contribution in [0.25, 0.3) is 10.8 Å². The van der Waals surface area contributed by atoms with E-state index < -0.39 is 0 Å². The third-order valence-electron chi connectivity index (χ3n) is 5.85. The van der Waals surface area contributed by atoms with Gasteiger partial charge in [-0.2, -0.15) is 0 Å². The fourth-order valence-corrected chi connectivity index (χ4v) is 5.13. The van der Waals surface area contributed by atoms with Gasteiger partial charge in [0, 0.05) is 25.2 Å². The van der Waals surface area contributed by atoms with Crippen LogP contribution in [-0.4, -0.2) is 33.0 Å². The van der Waals surface area contributed by atoms with Gasteiger partial charge >= 0.3 is 0 Å². The molecule has 0 saturated heterocycles. The Hall–Kier alpha value is -3.38. The molecule has 0 radical (unpaired) electrons. The Kier molecular flexibility index (Phi) is 5.77. The smallest absolute Gasteiger partial charge is 0.237 e. The Morgan fingerprint density at radius 2 is 1.84 bits per heavy atom. The molecule has 5 nitrogen and oxygen atoms in total. The van der Waals surface area contributed by atoms with Crippen LogP contribution in [0.5, 0.6) is 0 Å². The Labute approximate surface area is 191 Å². The van der Waals surface area contributed by atoms with Gasteiger partial charge in [-0.3, -0.25) is 4.79 Å². The summed E-state index contributed by atoms with van der Waals surface area (Å²) in [7, 11) is 0. The number of fused-ring (bicyclic) bond motifs is 2. The Morgan fingerprint density at radius 1 is 1.03 bits per heavy atom. The normalized spacial score (nSPS) is 12.8. The van der Waals surface area contributed by atoms with Gasteiger partial charge in [0.05, 0.1) is 5.75 Å². The highest BCUT2D eigenvalue weighted by molar-refractivity contribution is 7.99. The van der Waals surface area contributed by atoms with Crippen LogP contribution in [0.1, 0.15) is 17.0 Å². The fraction of sp³-hybridized carbons (Fsp3) is 0.192. The van der Waals surface area contributed by atoms with Crippen molar-refractivity contribution in [2.75, 3.05) is 17.2 Å². The van der Waals surface area contributed by atoms with Crippen LogP contribution >= 0.6 is 11.8 Å². The monoisotopic (exact) mass is 440 g/mol. The van der Waals surface area contributed by atoms with E-state index in [0.717, 1.165) is 29.6 Å². The largest absolute Gasteiger partial charge is 0.311 e. The van der Waals surface area contributed by atoms with E-state index >= 15 is 0 Å². The zero-order chi connectivity index (χ0) is 21.9. The molecule has 5 rings (SSSR count). The first-order chi connectivity index (χ1) is 15.7. The van der Waals surface area contributed by atoms with E-state index in [2.05, 4.69) is 69.9 Å².